The average molecular weight is 467 g/mol. The molecule has 0 spiro atoms. The molecule has 7 heteroatoms. The summed E-state index contributed by atoms with van der Waals surface area (Å²) in [6, 6.07) is 24.7. The summed E-state index contributed by atoms with van der Waals surface area (Å²) in [5.41, 5.74) is 9.46. The summed E-state index contributed by atoms with van der Waals surface area (Å²) in [7, 11) is 1.97. The van der Waals surface area contributed by atoms with Crippen molar-refractivity contribution >= 4 is 28.6 Å². The molecule has 0 aliphatic carbocycles. The Labute approximate surface area is 203 Å². The van der Waals surface area contributed by atoms with Crippen molar-refractivity contribution in [2.75, 3.05) is 6.54 Å². The number of para-hydroxylation sites is 1. The van der Waals surface area contributed by atoms with Gasteiger partial charge in [0.25, 0.3) is 11.8 Å². The van der Waals surface area contributed by atoms with Gasteiger partial charge in [0, 0.05) is 41.7 Å². The van der Waals surface area contributed by atoms with E-state index in [0.717, 1.165) is 27.6 Å². The molecule has 0 saturated heterocycles. The zero-order valence-electron chi connectivity index (χ0n) is 19.4. The smallest absolute Gasteiger partial charge is 0.258 e. The molecule has 1 aliphatic heterocycles. The largest absolute Gasteiger partial charge is 0.350 e. The number of carbonyl (C=O) groups is 3. The van der Waals surface area contributed by atoms with Crippen molar-refractivity contribution in [1.29, 1.82) is 0 Å². The van der Waals surface area contributed by atoms with Gasteiger partial charge >= 0.3 is 0 Å². The van der Waals surface area contributed by atoms with E-state index in [1.54, 1.807) is 11.0 Å². The van der Waals surface area contributed by atoms with Crippen molar-refractivity contribution in [1.82, 2.24) is 20.3 Å². The number of hydrogen-bond donors (Lipinski definition) is 2. The Hall–Kier alpha value is -4.39. The normalized spacial score (nSPS) is 14.7. The minimum atomic E-state index is -0.454. The average Bonchev–Trinajstić information content (AvgIpc) is 3.36. The van der Waals surface area contributed by atoms with Crippen LogP contribution in [0.2, 0.25) is 0 Å². The van der Waals surface area contributed by atoms with Crippen LogP contribution in [0.1, 0.15) is 39.5 Å². The number of carbonyl (C=O) groups excluding carboxylic acids is 3. The highest BCUT2D eigenvalue weighted by molar-refractivity contribution is 6.02. The molecular weight excluding hydrogens is 440 g/mol. The number of nitrogens with one attached hydrogen (secondary N) is 2. The number of benzene rings is 3. The van der Waals surface area contributed by atoms with Gasteiger partial charge < -0.3 is 9.47 Å². The van der Waals surface area contributed by atoms with Crippen molar-refractivity contribution in [2.45, 2.75) is 18.9 Å². The van der Waals surface area contributed by atoms with Crippen molar-refractivity contribution in [2.24, 2.45) is 7.05 Å². The van der Waals surface area contributed by atoms with Crippen molar-refractivity contribution < 1.29 is 14.4 Å². The van der Waals surface area contributed by atoms with Gasteiger partial charge in [-0.05, 0) is 29.7 Å². The van der Waals surface area contributed by atoms with Crippen molar-refractivity contribution in [3.05, 3.63) is 107 Å². The van der Waals surface area contributed by atoms with E-state index in [9.17, 15) is 14.4 Å². The van der Waals surface area contributed by atoms with Gasteiger partial charge in [0.1, 0.15) is 6.54 Å². The molecule has 3 aromatic carbocycles. The first-order chi connectivity index (χ1) is 17.0. The van der Waals surface area contributed by atoms with Crippen LogP contribution in [0.25, 0.3) is 10.9 Å². The molecule has 1 aromatic heterocycles. The molecule has 0 radical (unpaired) electrons. The molecule has 1 atom stereocenters. The maximum Gasteiger partial charge on any atom is 0.258 e. The van der Waals surface area contributed by atoms with E-state index < -0.39 is 11.9 Å². The molecule has 35 heavy (non-hydrogen) atoms. The molecule has 7 nitrogen and oxygen atoms in total. The van der Waals surface area contributed by atoms with Crippen LogP contribution in [-0.2, 0) is 23.1 Å². The van der Waals surface area contributed by atoms with Gasteiger partial charge in [-0.3, -0.25) is 25.2 Å². The Bertz CT molecular complexity index is 1410. The van der Waals surface area contributed by atoms with Crippen LogP contribution in [0.5, 0.6) is 0 Å². The lowest BCUT2D eigenvalue weighted by atomic mass is 9.97. The highest BCUT2D eigenvalue weighted by Crippen LogP contribution is 2.41. The van der Waals surface area contributed by atoms with Gasteiger partial charge in [0.05, 0.1) is 6.04 Å². The third-order valence-corrected chi connectivity index (χ3v) is 6.42. The lowest BCUT2D eigenvalue weighted by Crippen LogP contribution is -2.47. The molecule has 5 rings (SSSR count). The Kier molecular flexibility index (Phi) is 6.06. The summed E-state index contributed by atoms with van der Waals surface area (Å²) < 4.78 is 2.03. The summed E-state index contributed by atoms with van der Waals surface area (Å²) in [5.74, 6) is -0.947. The quantitative estimate of drug-likeness (QED) is 0.427. The van der Waals surface area contributed by atoms with Crippen LogP contribution in [0.15, 0.2) is 85.1 Å². The van der Waals surface area contributed by atoms with E-state index >= 15 is 0 Å². The van der Waals surface area contributed by atoms with Gasteiger partial charge in [0.2, 0.25) is 5.91 Å². The van der Waals surface area contributed by atoms with E-state index in [-0.39, 0.29) is 24.8 Å². The minimum absolute atomic E-state index is 0.180. The SMILES string of the molecule is Cn1cc(C2c3ccccc3C(=O)N2CC(=O)NNC(=O)CCc2ccccc2)c2ccccc21. The summed E-state index contributed by atoms with van der Waals surface area (Å²) in [6.45, 7) is -0.180. The first kappa shape index (κ1) is 22.4. The standard InChI is InChI=1S/C28H26N4O3/c1-31-17-23(20-11-7-8-14-24(20)31)27-21-12-5-6-13-22(21)28(35)32(27)18-26(34)30-29-25(33)16-15-19-9-3-2-4-10-19/h2-14,17,27H,15-16,18H2,1H3,(H,29,33)(H,30,34). The second-order valence-electron chi connectivity index (χ2n) is 8.72. The number of fused-ring (bicyclic) bond motifs is 2. The number of hydrazine groups is 1. The van der Waals surface area contributed by atoms with Gasteiger partial charge in [-0.2, -0.15) is 0 Å². The Morgan fingerprint density at radius 2 is 1.51 bits per heavy atom. The molecule has 176 valence electrons. The number of amides is 3. The second-order valence-corrected chi connectivity index (χ2v) is 8.72. The van der Waals surface area contributed by atoms with Crippen molar-refractivity contribution in [3.8, 4) is 0 Å². The summed E-state index contributed by atoms with van der Waals surface area (Å²) in [6.07, 6.45) is 2.84. The first-order valence-corrected chi connectivity index (χ1v) is 11.6. The predicted octanol–water partition coefficient (Wildman–Crippen LogP) is 3.50. The molecule has 0 saturated carbocycles. The third-order valence-electron chi connectivity index (χ3n) is 6.42. The van der Waals surface area contributed by atoms with E-state index in [2.05, 4.69) is 10.9 Å². The highest BCUT2D eigenvalue weighted by Gasteiger charge is 2.39. The maximum absolute atomic E-state index is 13.3. The van der Waals surface area contributed by atoms with Gasteiger partial charge in [-0.15, -0.1) is 0 Å². The Morgan fingerprint density at radius 1 is 0.829 bits per heavy atom. The fourth-order valence-corrected chi connectivity index (χ4v) is 4.76. The van der Waals surface area contributed by atoms with E-state index in [0.29, 0.717) is 12.0 Å². The molecule has 0 fully saturated rings. The van der Waals surface area contributed by atoms with E-state index in [1.807, 2.05) is 90.6 Å². The number of aryl methyl sites for hydroxylation is 2. The third kappa shape index (κ3) is 4.40. The summed E-state index contributed by atoms with van der Waals surface area (Å²) in [5, 5.41) is 1.03. The van der Waals surface area contributed by atoms with Crippen LogP contribution < -0.4 is 10.9 Å². The summed E-state index contributed by atoms with van der Waals surface area (Å²) >= 11 is 0. The van der Waals surface area contributed by atoms with E-state index in [1.165, 1.54) is 0 Å². The van der Waals surface area contributed by atoms with Crippen molar-refractivity contribution in [3.63, 3.8) is 0 Å². The zero-order chi connectivity index (χ0) is 24.4. The molecule has 4 aromatic rings. The molecule has 2 heterocycles. The lowest BCUT2D eigenvalue weighted by Gasteiger charge is -2.25. The zero-order valence-corrected chi connectivity index (χ0v) is 19.4. The van der Waals surface area contributed by atoms with Gasteiger partial charge in [-0.25, -0.2) is 0 Å². The van der Waals surface area contributed by atoms with Crippen LogP contribution in [0.4, 0.5) is 0 Å². The monoisotopic (exact) mass is 466 g/mol. The highest BCUT2D eigenvalue weighted by atomic mass is 16.2. The number of nitrogens with zero attached hydrogens (tertiary/aromatic N) is 2. The minimum Gasteiger partial charge on any atom is -0.350 e. The molecule has 1 aliphatic rings. The predicted molar refractivity (Wildman–Crippen MR) is 133 cm³/mol. The van der Waals surface area contributed by atoms with Gasteiger partial charge in [-0.1, -0.05) is 66.7 Å². The number of hydrogen-bond acceptors (Lipinski definition) is 3. The van der Waals surface area contributed by atoms with Gasteiger partial charge in [0.15, 0.2) is 0 Å². The Morgan fingerprint density at radius 3 is 2.34 bits per heavy atom. The van der Waals surface area contributed by atoms with Crippen LogP contribution >= 0.6 is 0 Å². The number of rotatable bonds is 6. The molecule has 2 N–H and O–H groups in total. The Balaban J connectivity index is 1.32. The van der Waals surface area contributed by atoms with E-state index in [4.69, 9.17) is 0 Å². The molecule has 0 bridgehead atoms. The number of aromatic nitrogens is 1. The molecule has 3 amide bonds. The topological polar surface area (TPSA) is 83.4 Å². The fourth-order valence-electron chi connectivity index (χ4n) is 4.76. The second kappa shape index (κ2) is 9.46. The lowest BCUT2D eigenvalue weighted by molar-refractivity contribution is -0.129. The summed E-state index contributed by atoms with van der Waals surface area (Å²) in [4.78, 5) is 39.9. The first-order valence-electron chi connectivity index (χ1n) is 11.6. The van der Waals surface area contributed by atoms with Crippen LogP contribution in [-0.4, -0.2) is 33.7 Å². The van der Waals surface area contributed by atoms with Crippen LogP contribution in [0.3, 0.4) is 0 Å². The van der Waals surface area contributed by atoms with Crippen LogP contribution in [0, 0.1) is 0 Å². The maximum atomic E-state index is 13.3. The molecule has 1 unspecified atom stereocenters. The fraction of sp³-hybridized carbons (Fsp3) is 0.179. The molecular formula is C28H26N4O3.